The molecule has 1 nitrogen and oxygen atoms in total. The Kier molecular flexibility index (Phi) is 9.17. The fourth-order valence-electron chi connectivity index (χ4n) is 11.5. The Morgan fingerprint density at radius 3 is 1.74 bits per heavy atom. The highest BCUT2D eigenvalue weighted by Gasteiger charge is 2.45. The lowest BCUT2D eigenvalue weighted by atomic mass is 9.74. The molecule has 0 saturated heterocycles. The van der Waals surface area contributed by atoms with E-state index in [2.05, 4.69) is 256 Å². The lowest BCUT2D eigenvalue weighted by Gasteiger charge is -2.28. The van der Waals surface area contributed by atoms with Crippen molar-refractivity contribution in [3.05, 3.63) is 269 Å². The second kappa shape index (κ2) is 15.3. The average Bonchev–Trinajstić information content (AvgIpc) is 3.79. The van der Waals surface area contributed by atoms with Crippen LogP contribution in [0.1, 0.15) is 71.7 Å². The highest BCUT2D eigenvalue weighted by molar-refractivity contribution is 6.08. The minimum atomic E-state index is -0.344. The van der Waals surface area contributed by atoms with Crippen molar-refractivity contribution in [1.82, 2.24) is 4.58 Å². The van der Waals surface area contributed by atoms with Crippen molar-refractivity contribution in [3.63, 3.8) is 0 Å². The number of nitrogens with zero attached hydrogens (tertiary/aromatic N) is 1. The first-order chi connectivity index (χ1) is 31.9. The summed E-state index contributed by atoms with van der Waals surface area (Å²) in [6, 6.07) is 76.9. The van der Waals surface area contributed by atoms with Crippen molar-refractivity contribution in [2.45, 2.75) is 38.0 Å². The third-order valence-corrected chi connectivity index (χ3v) is 14.9. The summed E-state index contributed by atoms with van der Waals surface area (Å²) in [5, 5.41) is 2.53. The number of hydrogen-bond donors (Lipinski definition) is 0. The van der Waals surface area contributed by atoms with Gasteiger partial charge in [0.1, 0.15) is 0 Å². The maximum atomic E-state index is 2.50. The van der Waals surface area contributed by atoms with Gasteiger partial charge < -0.3 is 0 Å². The average molecular weight is 833 g/mol. The molecular weight excluding hydrogens is 783 g/mol. The van der Waals surface area contributed by atoms with Gasteiger partial charge in [-0.05, 0) is 121 Å². The second-order valence-corrected chi connectivity index (χ2v) is 18.5. The van der Waals surface area contributed by atoms with Gasteiger partial charge in [0.05, 0.1) is 5.56 Å². The molecule has 0 radical (unpaired) electrons. The van der Waals surface area contributed by atoms with Crippen LogP contribution >= 0.6 is 0 Å². The Morgan fingerprint density at radius 2 is 1.03 bits per heavy atom. The van der Waals surface area contributed by atoms with Crippen LogP contribution in [0.5, 0.6) is 0 Å². The first kappa shape index (κ1) is 39.0. The van der Waals surface area contributed by atoms with Crippen LogP contribution in [-0.4, -0.2) is 6.21 Å². The number of rotatable bonds is 7. The molecule has 3 atom stereocenters. The largest absolute Gasteiger partial charge is 0.219 e. The Balaban J connectivity index is 1.14. The van der Waals surface area contributed by atoms with Crippen molar-refractivity contribution < 1.29 is 0 Å². The topological polar surface area (TPSA) is 3.01 Å². The highest BCUT2D eigenvalue weighted by Crippen LogP contribution is 2.57. The van der Waals surface area contributed by atoms with Crippen LogP contribution in [0.2, 0.25) is 0 Å². The van der Waals surface area contributed by atoms with E-state index in [1.807, 2.05) is 0 Å². The summed E-state index contributed by atoms with van der Waals surface area (Å²) >= 11 is 0. The Labute approximate surface area is 383 Å². The molecule has 3 aliphatic carbocycles. The van der Waals surface area contributed by atoms with Gasteiger partial charge in [0, 0.05) is 34.6 Å². The maximum Gasteiger partial charge on any atom is 0.219 e. The third-order valence-electron chi connectivity index (χ3n) is 14.9. The summed E-state index contributed by atoms with van der Waals surface area (Å²) in [5.74, 6) is 0.547. The molecule has 0 heterocycles. The number of benzene rings is 9. The molecule has 3 aliphatic rings. The number of hydrogen-bond acceptors (Lipinski definition) is 0. The summed E-state index contributed by atoms with van der Waals surface area (Å²) in [4.78, 5) is 0. The van der Waals surface area contributed by atoms with Crippen molar-refractivity contribution in [2.75, 3.05) is 0 Å². The van der Waals surface area contributed by atoms with Crippen LogP contribution in [0.4, 0.5) is 11.4 Å². The zero-order valence-corrected chi connectivity index (χ0v) is 37.2. The van der Waals surface area contributed by atoms with E-state index in [1.165, 1.54) is 88.7 Å². The highest BCUT2D eigenvalue weighted by atomic mass is 15.0. The van der Waals surface area contributed by atoms with Crippen LogP contribution in [-0.2, 0) is 10.8 Å². The Hall–Kier alpha value is -7.61. The number of fused-ring (bicyclic) bond motifs is 7. The lowest BCUT2D eigenvalue weighted by molar-refractivity contribution is 0.712. The van der Waals surface area contributed by atoms with Crippen LogP contribution in [0, 0.1) is 5.92 Å². The molecule has 0 aliphatic heterocycles. The van der Waals surface area contributed by atoms with Crippen LogP contribution in [0.3, 0.4) is 0 Å². The molecular formula is C64H50N+. The smallest absolute Gasteiger partial charge is 0.159 e. The summed E-state index contributed by atoms with van der Waals surface area (Å²) in [6.45, 7) is 7.12. The molecule has 0 aromatic heterocycles. The summed E-state index contributed by atoms with van der Waals surface area (Å²) in [5.41, 5.74) is 20.8. The zero-order valence-electron chi connectivity index (χ0n) is 37.2. The van der Waals surface area contributed by atoms with E-state index in [0.29, 0.717) is 5.92 Å². The van der Waals surface area contributed by atoms with Gasteiger partial charge in [0.2, 0.25) is 11.4 Å². The minimum Gasteiger partial charge on any atom is -0.159 e. The van der Waals surface area contributed by atoms with E-state index >= 15 is 0 Å². The van der Waals surface area contributed by atoms with Crippen molar-refractivity contribution in [1.29, 1.82) is 0 Å². The maximum absolute atomic E-state index is 2.50. The van der Waals surface area contributed by atoms with Crippen LogP contribution in [0.25, 0.3) is 49.7 Å². The Morgan fingerprint density at radius 1 is 0.477 bits per heavy atom. The van der Waals surface area contributed by atoms with Gasteiger partial charge in [-0.25, -0.2) is 0 Å². The molecule has 0 bridgehead atoms. The molecule has 0 spiro atoms. The lowest BCUT2D eigenvalue weighted by Crippen LogP contribution is -2.23. The molecule has 65 heavy (non-hydrogen) atoms. The first-order valence-corrected chi connectivity index (χ1v) is 23.2. The molecule has 0 amide bonds. The zero-order chi connectivity index (χ0) is 43.7. The van der Waals surface area contributed by atoms with Gasteiger partial charge in [-0.15, -0.1) is 0 Å². The molecule has 0 N–H and O–H groups in total. The summed E-state index contributed by atoms with van der Waals surface area (Å²) in [6.07, 6.45) is 10.6. The van der Waals surface area contributed by atoms with E-state index in [4.69, 9.17) is 0 Å². The van der Waals surface area contributed by atoms with E-state index < -0.39 is 0 Å². The van der Waals surface area contributed by atoms with Gasteiger partial charge in [-0.2, -0.15) is 4.58 Å². The fraction of sp³-hybridized carbons (Fsp3) is 0.109. The van der Waals surface area contributed by atoms with Crippen molar-refractivity contribution in [3.8, 4) is 33.4 Å². The predicted molar refractivity (Wildman–Crippen MR) is 275 cm³/mol. The molecule has 9 aromatic carbocycles. The van der Waals surface area contributed by atoms with Crippen LogP contribution < -0.4 is 4.58 Å². The van der Waals surface area contributed by atoms with E-state index in [9.17, 15) is 0 Å². The standard InChI is InChI=1S/C64H50N/c1-43-35-37-44(38-36-43)51-29-16-20-45-21-17-30-54(61(45)51)50-26-11-10-19-46(50)42-65(49-39-40-53-52-27-12-14-31-56(52)64(3,59(53)41-49)48-24-8-5-9-25-48)60-34-18-33-58-62(60)55-28-13-15-32-57(55)63(58,2)47-22-6-4-7-23-47/h4-35,37-43H,36H2,1-3H3/q+1. The third kappa shape index (κ3) is 6.03. The van der Waals surface area contributed by atoms with Gasteiger partial charge in [-0.3, -0.25) is 0 Å². The molecule has 0 fully saturated rings. The molecule has 0 saturated carbocycles. The predicted octanol–water partition coefficient (Wildman–Crippen LogP) is 16.1. The normalized spacial score (nSPS) is 19.3. The van der Waals surface area contributed by atoms with Gasteiger partial charge >= 0.3 is 0 Å². The van der Waals surface area contributed by atoms with Gasteiger partial charge in [0.15, 0.2) is 6.21 Å². The van der Waals surface area contributed by atoms with Crippen molar-refractivity contribution in [2.24, 2.45) is 5.92 Å². The summed E-state index contributed by atoms with van der Waals surface area (Å²) in [7, 11) is 0. The SMILES string of the molecule is CC1C=CC(c2cccc3cccc(-c4ccccc4C=[N+](c4ccc5c(c4)C(C)(c4ccccc4)c4ccccc4-5)c4cccc5c4-c4ccccc4C5(C)c4ccccc4)c23)=CC1. The fourth-order valence-corrected chi connectivity index (χ4v) is 11.5. The first-order valence-electron chi connectivity index (χ1n) is 23.2. The number of allylic oxidation sites excluding steroid dienone is 4. The van der Waals surface area contributed by atoms with Gasteiger partial charge in [-0.1, -0.05) is 201 Å². The van der Waals surface area contributed by atoms with E-state index in [0.717, 1.165) is 23.4 Å². The molecule has 1 heteroatoms. The quantitative estimate of drug-likeness (QED) is 0.111. The Bertz CT molecular complexity index is 3440. The summed E-state index contributed by atoms with van der Waals surface area (Å²) < 4.78 is 2.50. The van der Waals surface area contributed by atoms with Gasteiger partial charge in [0.25, 0.3) is 0 Å². The van der Waals surface area contributed by atoms with E-state index in [1.54, 1.807) is 0 Å². The minimum absolute atomic E-state index is 0.336. The van der Waals surface area contributed by atoms with Crippen LogP contribution in [0.15, 0.2) is 224 Å². The molecule has 9 aromatic rings. The van der Waals surface area contributed by atoms with Crippen molar-refractivity contribution >= 4 is 33.9 Å². The second-order valence-electron chi connectivity index (χ2n) is 18.5. The van der Waals surface area contributed by atoms with E-state index in [-0.39, 0.29) is 10.8 Å². The monoisotopic (exact) mass is 832 g/mol. The molecule has 3 unspecified atom stereocenters. The molecule has 12 rings (SSSR count). The molecule has 310 valence electrons.